The van der Waals surface area contributed by atoms with E-state index < -0.39 is 44.2 Å². The number of nitrogens with zero attached hydrogens (tertiary/aromatic N) is 7. The second-order valence-corrected chi connectivity index (χ2v) is 9.64. The number of aromatic nitrogens is 5. The van der Waals surface area contributed by atoms with Gasteiger partial charge in [0.15, 0.2) is 0 Å². The van der Waals surface area contributed by atoms with Crippen molar-refractivity contribution in [3.05, 3.63) is 42.3 Å². The van der Waals surface area contributed by atoms with Crippen LogP contribution in [0.4, 0.5) is 14.9 Å². The summed E-state index contributed by atoms with van der Waals surface area (Å²) >= 11 is 0. The van der Waals surface area contributed by atoms with Gasteiger partial charge in [-0.1, -0.05) is 6.07 Å². The molecule has 1 aliphatic heterocycles. The van der Waals surface area contributed by atoms with Gasteiger partial charge in [0.05, 0.1) is 25.8 Å². The number of benzene rings is 1. The quantitative estimate of drug-likeness (QED) is 0.440. The molecule has 3 heterocycles. The van der Waals surface area contributed by atoms with Crippen molar-refractivity contribution in [1.82, 2.24) is 29.9 Å². The number of carbonyl (C=O) groups is 3. The lowest BCUT2D eigenvalue weighted by molar-refractivity contribution is -0.134. The molecule has 1 aliphatic rings. The van der Waals surface area contributed by atoms with Crippen molar-refractivity contribution in [2.45, 2.75) is 20.0 Å². The average Bonchev–Trinajstić information content (AvgIpc) is 3.41. The maximum atomic E-state index is 15.0. The third kappa shape index (κ3) is 5.62. The Labute approximate surface area is 209 Å². The first-order chi connectivity index (χ1) is 17.4. The molecule has 37 heavy (non-hydrogen) atoms. The van der Waals surface area contributed by atoms with Gasteiger partial charge in [0.2, 0.25) is 11.7 Å². The van der Waals surface area contributed by atoms with Crippen LogP contribution in [0.2, 0.25) is 0 Å². The number of halogens is 1. The van der Waals surface area contributed by atoms with Gasteiger partial charge in [-0.3, -0.25) is 24.4 Å². The minimum absolute atomic E-state index is 0.150. The molecular weight excluding hydrogens is 512 g/mol. The number of pyridine rings is 1. The number of cyclic esters (lactones) is 1. The molecule has 14 nitrogen and oxygen atoms in total. The van der Waals surface area contributed by atoms with Crippen LogP contribution in [0.15, 0.2) is 36.5 Å². The standard InChI is InChI=1S/C21H21FN7O7P/c1-12(30)29(37(33,34)36-13(2)31)11-16-10-28(21(32)35-16)15-5-6-17(18(22)8-15)14-4-7-19(23-9-14)20-24-26-27(3)25-20/h4-9,16H,10-11H2,1-3H3,(H,33,34)/t16-/m1/s1. The number of carbonyl (C=O) groups excluding carboxylic acids is 3. The van der Waals surface area contributed by atoms with Crippen LogP contribution in [0.5, 0.6) is 0 Å². The molecular formula is C21H21FN7O7P. The lowest BCUT2D eigenvalue weighted by atomic mass is 10.1. The van der Waals surface area contributed by atoms with E-state index in [0.717, 1.165) is 24.8 Å². The highest BCUT2D eigenvalue weighted by Gasteiger charge is 2.41. The maximum absolute atomic E-state index is 15.0. The molecule has 1 saturated heterocycles. The van der Waals surface area contributed by atoms with E-state index in [-0.39, 0.29) is 17.8 Å². The van der Waals surface area contributed by atoms with Gasteiger partial charge >= 0.3 is 19.8 Å². The van der Waals surface area contributed by atoms with E-state index in [2.05, 4.69) is 24.9 Å². The van der Waals surface area contributed by atoms with Crippen molar-refractivity contribution >= 4 is 31.4 Å². The fraction of sp³-hybridized carbons (Fsp3) is 0.286. The lowest BCUT2D eigenvalue weighted by Crippen LogP contribution is -2.36. The summed E-state index contributed by atoms with van der Waals surface area (Å²) in [6, 6.07) is 7.36. The maximum Gasteiger partial charge on any atom is 0.490 e. The van der Waals surface area contributed by atoms with Crippen molar-refractivity contribution in [3.8, 4) is 22.6 Å². The van der Waals surface area contributed by atoms with Gasteiger partial charge in [-0.15, -0.1) is 10.2 Å². The summed E-state index contributed by atoms with van der Waals surface area (Å²) in [6.07, 6.45) is -0.429. The highest BCUT2D eigenvalue weighted by molar-refractivity contribution is 7.51. The van der Waals surface area contributed by atoms with Crippen molar-refractivity contribution in [1.29, 1.82) is 0 Å². The molecule has 1 N–H and O–H groups in total. The molecule has 3 aromatic rings. The van der Waals surface area contributed by atoms with E-state index in [1.54, 1.807) is 19.2 Å². The first-order valence-electron chi connectivity index (χ1n) is 10.7. The van der Waals surface area contributed by atoms with Crippen molar-refractivity contribution in [2.24, 2.45) is 7.05 Å². The topological polar surface area (TPSA) is 170 Å². The van der Waals surface area contributed by atoms with Crippen LogP contribution in [0.1, 0.15) is 13.8 Å². The second kappa shape index (κ2) is 10.0. The number of hydrogen-bond acceptors (Lipinski definition) is 10. The molecule has 194 valence electrons. The molecule has 1 aromatic carbocycles. The van der Waals surface area contributed by atoms with Gasteiger partial charge in [-0.25, -0.2) is 18.4 Å². The van der Waals surface area contributed by atoms with E-state index in [1.807, 2.05) is 0 Å². The number of anilines is 1. The molecule has 1 unspecified atom stereocenters. The van der Waals surface area contributed by atoms with Gasteiger partial charge in [-0.05, 0) is 29.5 Å². The van der Waals surface area contributed by atoms with Gasteiger partial charge in [-0.2, -0.15) is 4.80 Å². The van der Waals surface area contributed by atoms with Gasteiger partial charge < -0.3 is 9.26 Å². The summed E-state index contributed by atoms with van der Waals surface area (Å²) < 4.78 is 37.3. The molecule has 16 heteroatoms. The highest BCUT2D eigenvalue weighted by atomic mass is 31.2. The fourth-order valence-corrected chi connectivity index (χ4v) is 4.80. The highest BCUT2D eigenvalue weighted by Crippen LogP contribution is 2.47. The number of hydrogen-bond donors (Lipinski definition) is 1. The molecule has 0 saturated carbocycles. The summed E-state index contributed by atoms with van der Waals surface area (Å²) in [4.78, 5) is 52.1. The Morgan fingerprint density at radius 3 is 2.62 bits per heavy atom. The molecule has 0 aliphatic carbocycles. The lowest BCUT2D eigenvalue weighted by Gasteiger charge is -2.26. The molecule has 2 atom stereocenters. The van der Waals surface area contributed by atoms with Crippen LogP contribution >= 0.6 is 7.75 Å². The first-order valence-corrected chi connectivity index (χ1v) is 12.3. The van der Waals surface area contributed by atoms with Gasteiger partial charge in [0.25, 0.3) is 0 Å². The Balaban J connectivity index is 1.49. The summed E-state index contributed by atoms with van der Waals surface area (Å²) in [5.41, 5.74) is 1.33. The summed E-state index contributed by atoms with van der Waals surface area (Å²) in [5, 5.41) is 11.7. The first kappa shape index (κ1) is 25.9. The van der Waals surface area contributed by atoms with Crippen LogP contribution < -0.4 is 4.90 Å². The number of aryl methyl sites for hydroxylation is 1. The monoisotopic (exact) mass is 533 g/mol. The number of ether oxygens (including phenoxy) is 1. The predicted molar refractivity (Wildman–Crippen MR) is 124 cm³/mol. The van der Waals surface area contributed by atoms with Gasteiger partial charge in [0.1, 0.15) is 17.6 Å². The normalized spacial score (nSPS) is 16.7. The number of rotatable bonds is 7. The van der Waals surface area contributed by atoms with Crippen LogP contribution in [0.3, 0.4) is 0 Å². The van der Waals surface area contributed by atoms with E-state index in [1.165, 1.54) is 23.1 Å². The Morgan fingerprint density at radius 2 is 2.05 bits per heavy atom. The van der Waals surface area contributed by atoms with Crippen molar-refractivity contribution in [2.75, 3.05) is 18.0 Å². The largest absolute Gasteiger partial charge is 0.490 e. The van der Waals surface area contributed by atoms with E-state index in [9.17, 15) is 23.8 Å². The molecule has 0 radical (unpaired) electrons. The number of amides is 2. The van der Waals surface area contributed by atoms with Crippen molar-refractivity contribution < 1.29 is 37.5 Å². The van der Waals surface area contributed by atoms with E-state index in [0.29, 0.717) is 21.8 Å². The Bertz CT molecular complexity index is 1410. The van der Waals surface area contributed by atoms with Crippen LogP contribution in [0.25, 0.3) is 22.6 Å². The van der Waals surface area contributed by atoms with Crippen LogP contribution in [-0.4, -0.2) is 71.9 Å². The van der Waals surface area contributed by atoms with Crippen LogP contribution in [-0.2, 0) is 30.5 Å². The number of tetrazole rings is 1. The van der Waals surface area contributed by atoms with Crippen molar-refractivity contribution in [3.63, 3.8) is 0 Å². The predicted octanol–water partition coefficient (Wildman–Crippen LogP) is 1.92. The third-order valence-electron chi connectivity index (χ3n) is 5.24. The Kier molecular flexibility index (Phi) is 7.01. The van der Waals surface area contributed by atoms with Gasteiger partial charge in [0, 0.05) is 31.2 Å². The smallest absolute Gasteiger partial charge is 0.442 e. The zero-order chi connectivity index (χ0) is 26.9. The SMILES string of the molecule is CC(=O)OP(=O)(O)N(C[C@H]1CN(c2ccc(-c3ccc(-c4nnn(C)n4)nc3)c(F)c2)C(=O)O1)C(C)=O. The average molecular weight is 533 g/mol. The second-order valence-electron chi connectivity index (χ2n) is 7.99. The molecule has 0 spiro atoms. The Hall–Kier alpha value is -4.23. The molecule has 1 fully saturated rings. The minimum Gasteiger partial charge on any atom is -0.442 e. The fourth-order valence-electron chi connectivity index (χ4n) is 3.62. The molecule has 4 rings (SSSR count). The third-order valence-corrected chi connectivity index (χ3v) is 6.79. The Morgan fingerprint density at radius 1 is 1.30 bits per heavy atom. The molecule has 2 aromatic heterocycles. The van der Waals surface area contributed by atoms with Crippen LogP contribution in [0, 0.1) is 5.82 Å². The molecule has 0 bridgehead atoms. The van der Waals surface area contributed by atoms with E-state index >= 15 is 4.39 Å². The minimum atomic E-state index is -4.80. The summed E-state index contributed by atoms with van der Waals surface area (Å²) in [6.45, 7) is 1.25. The zero-order valence-electron chi connectivity index (χ0n) is 19.8. The van der Waals surface area contributed by atoms with E-state index in [4.69, 9.17) is 4.74 Å². The molecule has 2 amide bonds. The summed E-state index contributed by atoms with van der Waals surface area (Å²) in [7, 11) is -3.18. The zero-order valence-corrected chi connectivity index (χ0v) is 20.7. The summed E-state index contributed by atoms with van der Waals surface area (Å²) in [5.74, 6) is -2.25.